The van der Waals surface area contributed by atoms with Crippen molar-refractivity contribution in [1.29, 1.82) is 0 Å². The number of benzene rings is 2. The average Bonchev–Trinajstić information content (AvgIpc) is 3.72. The molecule has 1 atom stereocenters. The first kappa shape index (κ1) is 25.1. The van der Waals surface area contributed by atoms with E-state index in [1.807, 2.05) is 59.5 Å². The average molecular weight is 544 g/mol. The highest BCUT2D eigenvalue weighted by Gasteiger charge is 2.19. The number of fused-ring (bicyclic) bond motifs is 1. The van der Waals surface area contributed by atoms with Crippen molar-refractivity contribution in [3.05, 3.63) is 83.3 Å². The molecule has 0 aliphatic carbocycles. The van der Waals surface area contributed by atoms with Crippen LogP contribution in [0.15, 0.2) is 67.1 Å². The predicted octanol–water partition coefficient (Wildman–Crippen LogP) is 5.18. The lowest BCUT2D eigenvalue weighted by Gasteiger charge is -2.16. The minimum atomic E-state index is 0.103. The van der Waals surface area contributed by atoms with E-state index in [9.17, 15) is 0 Å². The first-order valence-electron chi connectivity index (χ1n) is 13.1. The zero-order valence-corrected chi connectivity index (χ0v) is 22.6. The van der Waals surface area contributed by atoms with Gasteiger partial charge in [-0.05, 0) is 48.7 Å². The summed E-state index contributed by atoms with van der Waals surface area (Å²) in [6.07, 6.45) is 6.60. The lowest BCUT2D eigenvalue weighted by molar-refractivity contribution is 0.223. The molecule has 1 unspecified atom stereocenters. The number of anilines is 3. The fraction of sp³-hybridized carbons (Fsp3) is 0.286. The fourth-order valence-electron chi connectivity index (χ4n) is 4.65. The zero-order valence-electron chi connectivity index (χ0n) is 21.8. The molecule has 0 radical (unpaired) electrons. The molecule has 5 aromatic rings. The van der Waals surface area contributed by atoms with E-state index >= 15 is 0 Å². The minimum absolute atomic E-state index is 0.103. The van der Waals surface area contributed by atoms with Crippen LogP contribution in [0.25, 0.3) is 11.3 Å². The summed E-state index contributed by atoms with van der Waals surface area (Å²) in [5, 5.41) is 19.7. The van der Waals surface area contributed by atoms with Crippen molar-refractivity contribution < 1.29 is 4.74 Å². The quantitative estimate of drug-likeness (QED) is 0.233. The molecule has 1 aliphatic heterocycles. The van der Waals surface area contributed by atoms with Gasteiger partial charge in [0.1, 0.15) is 11.9 Å². The first-order chi connectivity index (χ1) is 19.0. The van der Waals surface area contributed by atoms with Crippen LogP contribution < -0.4 is 20.7 Å². The number of halogens is 1. The van der Waals surface area contributed by atoms with Crippen molar-refractivity contribution in [3.8, 4) is 11.4 Å². The van der Waals surface area contributed by atoms with Crippen LogP contribution in [0.2, 0.25) is 5.02 Å². The lowest BCUT2D eigenvalue weighted by atomic mass is 10.1. The summed E-state index contributed by atoms with van der Waals surface area (Å²) in [4.78, 5) is 9.61. The second kappa shape index (κ2) is 10.9. The van der Waals surface area contributed by atoms with Crippen LogP contribution >= 0.6 is 11.6 Å². The molecule has 11 heteroatoms. The number of hydrogen-bond acceptors (Lipinski definition) is 8. The Bertz CT molecular complexity index is 1580. The normalized spacial score (nSPS) is 15.2. The Morgan fingerprint density at radius 1 is 1.13 bits per heavy atom. The maximum absolute atomic E-state index is 6.44. The van der Waals surface area contributed by atoms with Crippen LogP contribution in [0.1, 0.15) is 37.3 Å². The van der Waals surface area contributed by atoms with Crippen LogP contribution in [0.4, 0.5) is 17.6 Å². The predicted molar refractivity (Wildman–Crippen MR) is 152 cm³/mol. The molecule has 0 spiro atoms. The van der Waals surface area contributed by atoms with Crippen LogP contribution in [0, 0.1) is 0 Å². The zero-order chi connectivity index (χ0) is 26.8. The second-order valence-electron chi connectivity index (χ2n) is 9.80. The third-order valence-corrected chi connectivity index (χ3v) is 7.01. The summed E-state index contributed by atoms with van der Waals surface area (Å²) in [5.41, 5.74) is 4.63. The summed E-state index contributed by atoms with van der Waals surface area (Å²) in [7, 11) is 0. The highest BCUT2D eigenvalue weighted by atomic mass is 35.5. The molecule has 3 aromatic heterocycles. The molecule has 0 saturated carbocycles. The smallest absolute Gasteiger partial charge is 0.232 e. The van der Waals surface area contributed by atoms with E-state index in [-0.39, 0.29) is 12.0 Å². The van der Waals surface area contributed by atoms with Gasteiger partial charge in [0.05, 0.1) is 16.9 Å². The van der Waals surface area contributed by atoms with Gasteiger partial charge in [0, 0.05) is 42.8 Å². The Morgan fingerprint density at radius 3 is 2.82 bits per heavy atom. The highest BCUT2D eigenvalue weighted by Crippen LogP contribution is 2.31. The van der Waals surface area contributed by atoms with Crippen LogP contribution in [-0.4, -0.2) is 48.6 Å². The molecule has 10 nitrogen and oxygen atoms in total. The van der Waals surface area contributed by atoms with Gasteiger partial charge >= 0.3 is 0 Å². The third kappa shape index (κ3) is 5.39. The standard InChI is InChI=1S/C28H30ClN9O/c1-18(2)22-17-33-38-26(22)35-27(34-20-8-9-23(29)25(14-20)39-21-10-12-30-16-21)36-28(38)31-15-19-6-3-4-7-24(19)37-13-5-11-32-37/h3-9,11,13-14,17-18,21,30H,10,12,15-16H2,1-2H3,(H2,31,34,35,36). The van der Waals surface area contributed by atoms with E-state index in [1.165, 1.54) is 0 Å². The fourth-order valence-corrected chi connectivity index (χ4v) is 4.81. The Morgan fingerprint density at radius 2 is 2.03 bits per heavy atom. The number of nitrogens with zero attached hydrogens (tertiary/aromatic N) is 6. The molecule has 1 aliphatic rings. The van der Waals surface area contributed by atoms with Crippen molar-refractivity contribution in [1.82, 2.24) is 34.7 Å². The van der Waals surface area contributed by atoms with Gasteiger partial charge in [-0.25, -0.2) is 4.68 Å². The molecule has 6 rings (SSSR count). The molecule has 1 saturated heterocycles. The Kier molecular flexibility index (Phi) is 7.04. The molecule has 200 valence electrons. The summed E-state index contributed by atoms with van der Waals surface area (Å²) in [6, 6.07) is 15.6. The molecular formula is C28H30ClN9O. The van der Waals surface area contributed by atoms with Crippen molar-refractivity contribution in [2.75, 3.05) is 23.7 Å². The Balaban J connectivity index is 1.31. The molecule has 0 amide bonds. The molecule has 39 heavy (non-hydrogen) atoms. The molecule has 0 bridgehead atoms. The van der Waals surface area contributed by atoms with Gasteiger partial charge in [0.2, 0.25) is 11.9 Å². The first-order valence-corrected chi connectivity index (χ1v) is 13.4. The van der Waals surface area contributed by atoms with Gasteiger partial charge in [-0.15, -0.1) is 0 Å². The molecular weight excluding hydrogens is 514 g/mol. The van der Waals surface area contributed by atoms with Crippen LogP contribution in [0.5, 0.6) is 5.75 Å². The van der Waals surface area contributed by atoms with Gasteiger partial charge in [-0.2, -0.15) is 24.7 Å². The number of rotatable bonds is 9. The van der Waals surface area contributed by atoms with E-state index in [1.54, 1.807) is 10.7 Å². The largest absolute Gasteiger partial charge is 0.487 e. The monoisotopic (exact) mass is 543 g/mol. The third-order valence-electron chi connectivity index (χ3n) is 6.69. The van der Waals surface area contributed by atoms with Crippen molar-refractivity contribution in [2.45, 2.75) is 38.8 Å². The lowest BCUT2D eigenvalue weighted by Crippen LogP contribution is -2.19. The Labute approximate surface area is 231 Å². The summed E-state index contributed by atoms with van der Waals surface area (Å²) < 4.78 is 9.74. The number of ether oxygens (including phenoxy) is 1. The van der Waals surface area contributed by atoms with E-state index in [0.29, 0.717) is 29.2 Å². The number of nitrogens with one attached hydrogen (secondary N) is 3. The minimum Gasteiger partial charge on any atom is -0.487 e. The topological polar surface area (TPSA) is 106 Å². The molecule has 3 N–H and O–H groups in total. The summed E-state index contributed by atoms with van der Waals surface area (Å²) >= 11 is 6.44. The van der Waals surface area contributed by atoms with Crippen molar-refractivity contribution in [3.63, 3.8) is 0 Å². The van der Waals surface area contributed by atoms with E-state index in [2.05, 4.69) is 46.1 Å². The van der Waals surface area contributed by atoms with Gasteiger partial charge in [-0.1, -0.05) is 43.6 Å². The summed E-state index contributed by atoms with van der Waals surface area (Å²) in [6.45, 7) is 6.53. The van der Waals surface area contributed by atoms with Gasteiger partial charge < -0.3 is 20.7 Å². The van der Waals surface area contributed by atoms with E-state index in [0.717, 1.165) is 47.7 Å². The van der Waals surface area contributed by atoms with E-state index in [4.69, 9.17) is 26.3 Å². The number of para-hydroxylation sites is 1. The van der Waals surface area contributed by atoms with Gasteiger partial charge in [0.25, 0.3) is 0 Å². The van der Waals surface area contributed by atoms with E-state index < -0.39 is 0 Å². The molecule has 2 aromatic carbocycles. The SMILES string of the molecule is CC(C)c1cnn2c(NCc3ccccc3-n3cccn3)nc(Nc3ccc(Cl)c(OC4CCNC4)c3)nc12. The van der Waals surface area contributed by atoms with Crippen molar-refractivity contribution >= 4 is 34.8 Å². The number of hydrogen-bond donors (Lipinski definition) is 3. The number of aromatic nitrogens is 6. The van der Waals surface area contributed by atoms with Crippen LogP contribution in [0.3, 0.4) is 0 Å². The highest BCUT2D eigenvalue weighted by molar-refractivity contribution is 6.32. The van der Waals surface area contributed by atoms with Crippen LogP contribution in [-0.2, 0) is 6.54 Å². The Hall–Kier alpha value is -4.15. The van der Waals surface area contributed by atoms with Gasteiger partial charge in [0.15, 0.2) is 5.65 Å². The van der Waals surface area contributed by atoms with Crippen molar-refractivity contribution in [2.24, 2.45) is 0 Å². The molecule has 4 heterocycles. The maximum Gasteiger partial charge on any atom is 0.232 e. The second-order valence-corrected chi connectivity index (χ2v) is 10.2. The maximum atomic E-state index is 6.44. The van der Waals surface area contributed by atoms with Gasteiger partial charge in [-0.3, -0.25) is 0 Å². The molecule has 1 fully saturated rings. The summed E-state index contributed by atoms with van der Waals surface area (Å²) in [5.74, 6) is 1.90.